The lowest BCUT2D eigenvalue weighted by Gasteiger charge is -2.08. The number of aryl methyl sites for hydroxylation is 1. The van der Waals surface area contributed by atoms with Crippen molar-refractivity contribution in [3.05, 3.63) is 66.2 Å². The molecule has 1 atom stereocenters. The molecular formula is C25H26N2O5. The van der Waals surface area contributed by atoms with Gasteiger partial charge in [0.15, 0.2) is 0 Å². The molecule has 0 radical (unpaired) electrons. The van der Waals surface area contributed by atoms with Crippen LogP contribution >= 0.6 is 0 Å². The molecule has 0 saturated carbocycles. The summed E-state index contributed by atoms with van der Waals surface area (Å²) in [6.07, 6.45) is 3.26. The van der Waals surface area contributed by atoms with Crippen LogP contribution in [0, 0.1) is 0 Å². The highest BCUT2D eigenvalue weighted by Gasteiger charge is 2.16. The molecular weight excluding hydrogens is 408 g/mol. The SMILES string of the molecule is CCc1coc(-c2ccc(OCCCOc3ccc4[nH]c(C(C)C(=O)O)cc4c3)cc2)n1. The van der Waals surface area contributed by atoms with E-state index in [1.165, 1.54) is 0 Å². The van der Waals surface area contributed by atoms with Crippen LogP contribution in [0.1, 0.15) is 37.6 Å². The summed E-state index contributed by atoms with van der Waals surface area (Å²) < 4.78 is 17.1. The molecule has 0 aliphatic heterocycles. The number of nitrogens with zero attached hydrogens (tertiary/aromatic N) is 1. The molecule has 2 aromatic carbocycles. The lowest BCUT2D eigenvalue weighted by molar-refractivity contribution is -0.138. The fraction of sp³-hybridized carbons (Fsp3) is 0.280. The normalized spacial score (nSPS) is 12.1. The van der Waals surface area contributed by atoms with Crippen LogP contribution in [-0.4, -0.2) is 34.3 Å². The van der Waals surface area contributed by atoms with Crippen molar-refractivity contribution in [1.29, 1.82) is 0 Å². The first kappa shape index (κ1) is 21.5. The average Bonchev–Trinajstić information content (AvgIpc) is 3.45. The number of aromatic amines is 1. The number of fused-ring (bicyclic) bond motifs is 1. The molecule has 0 saturated heterocycles. The number of carboxylic acids is 1. The van der Waals surface area contributed by atoms with Crippen LogP contribution < -0.4 is 9.47 Å². The van der Waals surface area contributed by atoms with Gasteiger partial charge in [-0.1, -0.05) is 6.92 Å². The summed E-state index contributed by atoms with van der Waals surface area (Å²) in [6, 6.07) is 15.2. The molecule has 0 aliphatic rings. The number of aliphatic carboxylic acids is 1. The highest BCUT2D eigenvalue weighted by Crippen LogP contribution is 2.26. The molecule has 4 aromatic rings. The topological polar surface area (TPSA) is 97.6 Å². The van der Waals surface area contributed by atoms with Gasteiger partial charge in [0, 0.05) is 28.6 Å². The Morgan fingerprint density at radius 1 is 1.09 bits per heavy atom. The number of oxazole rings is 1. The van der Waals surface area contributed by atoms with E-state index in [1.54, 1.807) is 13.2 Å². The van der Waals surface area contributed by atoms with Crippen LogP contribution in [0.4, 0.5) is 0 Å². The molecule has 0 spiro atoms. The van der Waals surface area contributed by atoms with Crippen LogP contribution in [0.25, 0.3) is 22.4 Å². The molecule has 0 aliphatic carbocycles. The minimum atomic E-state index is -0.856. The van der Waals surface area contributed by atoms with E-state index in [0.29, 0.717) is 24.8 Å². The fourth-order valence-electron chi connectivity index (χ4n) is 3.32. The van der Waals surface area contributed by atoms with Gasteiger partial charge in [0.1, 0.15) is 17.8 Å². The number of benzene rings is 2. The zero-order valence-electron chi connectivity index (χ0n) is 18.1. The van der Waals surface area contributed by atoms with Crippen molar-refractivity contribution in [3.8, 4) is 23.0 Å². The number of carbonyl (C=O) groups is 1. The number of ether oxygens (including phenoxy) is 2. The van der Waals surface area contributed by atoms with Crippen molar-refractivity contribution < 1.29 is 23.8 Å². The smallest absolute Gasteiger partial charge is 0.312 e. The zero-order chi connectivity index (χ0) is 22.5. The summed E-state index contributed by atoms with van der Waals surface area (Å²) in [7, 11) is 0. The second kappa shape index (κ2) is 9.60. The van der Waals surface area contributed by atoms with E-state index in [4.69, 9.17) is 13.9 Å². The number of H-pyrrole nitrogens is 1. The van der Waals surface area contributed by atoms with Crippen molar-refractivity contribution in [2.24, 2.45) is 0 Å². The van der Waals surface area contributed by atoms with Gasteiger partial charge < -0.3 is 24.0 Å². The molecule has 32 heavy (non-hydrogen) atoms. The highest BCUT2D eigenvalue weighted by molar-refractivity contribution is 5.84. The first-order valence-electron chi connectivity index (χ1n) is 10.7. The maximum absolute atomic E-state index is 11.2. The first-order chi connectivity index (χ1) is 15.5. The number of aromatic nitrogens is 2. The molecule has 0 bridgehead atoms. The van der Waals surface area contributed by atoms with Gasteiger partial charge in [0.25, 0.3) is 0 Å². The maximum atomic E-state index is 11.2. The van der Waals surface area contributed by atoms with Gasteiger partial charge >= 0.3 is 5.97 Å². The predicted octanol–water partition coefficient (Wildman–Crippen LogP) is 5.42. The zero-order valence-corrected chi connectivity index (χ0v) is 18.1. The van der Waals surface area contributed by atoms with Crippen molar-refractivity contribution in [3.63, 3.8) is 0 Å². The van der Waals surface area contributed by atoms with Gasteiger partial charge in [-0.25, -0.2) is 4.98 Å². The molecule has 2 heterocycles. The van der Waals surface area contributed by atoms with Crippen molar-refractivity contribution >= 4 is 16.9 Å². The molecule has 7 nitrogen and oxygen atoms in total. The molecule has 4 rings (SSSR count). The van der Waals surface area contributed by atoms with Gasteiger partial charge in [0.05, 0.1) is 24.8 Å². The van der Waals surface area contributed by atoms with Crippen LogP contribution in [0.15, 0.2) is 59.2 Å². The van der Waals surface area contributed by atoms with Gasteiger partial charge in [-0.15, -0.1) is 0 Å². The Balaban J connectivity index is 1.24. The molecule has 7 heteroatoms. The molecule has 2 aromatic heterocycles. The van der Waals surface area contributed by atoms with E-state index >= 15 is 0 Å². The van der Waals surface area contributed by atoms with Crippen molar-refractivity contribution in [2.75, 3.05) is 13.2 Å². The third-order valence-corrected chi connectivity index (χ3v) is 5.29. The molecule has 166 valence electrons. The Morgan fingerprint density at radius 3 is 2.50 bits per heavy atom. The summed E-state index contributed by atoms with van der Waals surface area (Å²) in [6.45, 7) is 4.75. The van der Waals surface area contributed by atoms with Crippen molar-refractivity contribution in [2.45, 2.75) is 32.6 Å². The minimum Gasteiger partial charge on any atom is -0.493 e. The first-order valence-corrected chi connectivity index (χ1v) is 10.7. The van der Waals surface area contributed by atoms with Crippen LogP contribution in [0.3, 0.4) is 0 Å². The van der Waals surface area contributed by atoms with E-state index in [2.05, 4.69) is 9.97 Å². The van der Waals surface area contributed by atoms with Crippen LogP contribution in [-0.2, 0) is 11.2 Å². The highest BCUT2D eigenvalue weighted by atomic mass is 16.5. The Morgan fingerprint density at radius 2 is 1.81 bits per heavy atom. The molecule has 1 unspecified atom stereocenters. The van der Waals surface area contributed by atoms with Gasteiger partial charge in [-0.2, -0.15) is 0 Å². The largest absolute Gasteiger partial charge is 0.493 e. The lowest BCUT2D eigenvalue weighted by atomic mass is 10.1. The Labute approximate surface area is 186 Å². The number of carboxylic acid groups (broad SMARTS) is 1. The van der Waals surface area contributed by atoms with Crippen LogP contribution in [0.2, 0.25) is 0 Å². The Hall–Kier alpha value is -3.74. The lowest BCUT2D eigenvalue weighted by Crippen LogP contribution is -2.07. The van der Waals surface area contributed by atoms with E-state index in [9.17, 15) is 9.90 Å². The summed E-state index contributed by atoms with van der Waals surface area (Å²) in [5, 5.41) is 10.1. The maximum Gasteiger partial charge on any atom is 0.312 e. The quantitative estimate of drug-likeness (QED) is 0.323. The monoisotopic (exact) mass is 434 g/mol. The second-order valence-electron chi connectivity index (χ2n) is 7.61. The second-order valence-corrected chi connectivity index (χ2v) is 7.61. The van der Waals surface area contributed by atoms with E-state index in [-0.39, 0.29) is 0 Å². The number of hydrogen-bond donors (Lipinski definition) is 2. The summed E-state index contributed by atoms with van der Waals surface area (Å²) in [5.74, 6) is 0.705. The third-order valence-electron chi connectivity index (χ3n) is 5.29. The number of rotatable bonds is 10. The summed E-state index contributed by atoms with van der Waals surface area (Å²) >= 11 is 0. The van der Waals surface area contributed by atoms with E-state index in [0.717, 1.165) is 46.5 Å². The number of nitrogens with one attached hydrogen (secondary N) is 1. The molecule has 2 N–H and O–H groups in total. The summed E-state index contributed by atoms with van der Waals surface area (Å²) in [4.78, 5) is 18.8. The van der Waals surface area contributed by atoms with E-state index < -0.39 is 11.9 Å². The van der Waals surface area contributed by atoms with Crippen LogP contribution in [0.5, 0.6) is 11.5 Å². The van der Waals surface area contributed by atoms with E-state index in [1.807, 2.05) is 55.5 Å². The molecule has 0 fully saturated rings. The van der Waals surface area contributed by atoms with Crippen molar-refractivity contribution in [1.82, 2.24) is 9.97 Å². The Bertz CT molecular complexity index is 1190. The van der Waals surface area contributed by atoms with Gasteiger partial charge in [-0.3, -0.25) is 4.79 Å². The molecule has 0 amide bonds. The average molecular weight is 434 g/mol. The minimum absolute atomic E-state index is 0.516. The Kier molecular flexibility index (Phi) is 6.44. The van der Waals surface area contributed by atoms with Gasteiger partial charge in [-0.05, 0) is 61.9 Å². The third kappa shape index (κ3) is 4.94. The summed E-state index contributed by atoms with van der Waals surface area (Å²) in [5.41, 5.74) is 3.42. The fourth-order valence-corrected chi connectivity index (χ4v) is 3.32. The number of hydrogen-bond acceptors (Lipinski definition) is 5. The van der Waals surface area contributed by atoms with Gasteiger partial charge in [0.2, 0.25) is 5.89 Å². The predicted molar refractivity (Wildman–Crippen MR) is 121 cm³/mol. The standard InChI is InChI=1S/C25H26N2O5/c1-3-19-15-32-24(26-19)17-5-7-20(8-6-17)30-11-4-12-31-21-9-10-22-18(13-21)14-23(27-22)16(2)25(28)29/h5-10,13-16,27H,3-4,11-12H2,1-2H3,(H,28,29).